The molecule has 1 aliphatic rings. The van der Waals surface area contributed by atoms with Gasteiger partial charge in [-0.15, -0.1) is 0 Å². The zero-order valence-corrected chi connectivity index (χ0v) is 19.6. The largest absolute Gasteiger partial charge is 0.507 e. The van der Waals surface area contributed by atoms with Crippen LogP contribution in [0.3, 0.4) is 0 Å². The van der Waals surface area contributed by atoms with Crippen molar-refractivity contribution < 1.29 is 32.5 Å². The molecule has 2 heterocycles. The minimum Gasteiger partial charge on any atom is -0.507 e. The van der Waals surface area contributed by atoms with Crippen molar-refractivity contribution in [3.8, 4) is 16.9 Å². The molecule has 0 atom stereocenters. The third kappa shape index (κ3) is 4.87. The highest BCUT2D eigenvalue weighted by atomic mass is 19.4. The number of hydrogen-bond acceptors (Lipinski definition) is 3. The first-order chi connectivity index (χ1) is 17.3. The minimum atomic E-state index is -4.87. The van der Waals surface area contributed by atoms with Gasteiger partial charge in [0.25, 0.3) is 0 Å². The Kier molecular flexibility index (Phi) is 6.55. The Balaban J connectivity index is 1.47. The first-order valence-electron chi connectivity index (χ1n) is 12.0. The summed E-state index contributed by atoms with van der Waals surface area (Å²) in [5, 5.41) is 10.6. The van der Waals surface area contributed by atoms with Crippen LogP contribution in [0.1, 0.15) is 16.9 Å². The van der Waals surface area contributed by atoms with Gasteiger partial charge >= 0.3 is 6.18 Å². The standard InChI is InChI=1S/C28H25F3N2O3/c29-28(30,31)27-24(20-9-5-2-6-10-20)25(35)21-11-12-23(34)22(26(21)36-27)18-33-15-13-32(14-16-33)17-19-7-3-1-4-8-19/h1-12,34H,13-18H2/p+2. The maximum absolute atomic E-state index is 14.1. The van der Waals surface area contributed by atoms with Crippen LogP contribution in [-0.4, -0.2) is 31.3 Å². The summed E-state index contributed by atoms with van der Waals surface area (Å²) in [6.07, 6.45) is -4.87. The Hall–Kier alpha value is -3.62. The van der Waals surface area contributed by atoms with E-state index in [9.17, 15) is 23.1 Å². The smallest absolute Gasteiger partial charge is 0.450 e. The molecule has 36 heavy (non-hydrogen) atoms. The van der Waals surface area contributed by atoms with Gasteiger partial charge in [-0.3, -0.25) is 4.79 Å². The number of halogens is 3. The molecule has 4 aromatic rings. The molecule has 8 heteroatoms. The second kappa shape index (κ2) is 9.79. The quantitative estimate of drug-likeness (QED) is 0.398. The molecule has 0 spiro atoms. The average Bonchev–Trinajstić information content (AvgIpc) is 2.87. The zero-order chi connectivity index (χ0) is 25.3. The lowest BCUT2D eigenvalue weighted by Crippen LogP contribution is -3.27. The number of phenolic OH excluding ortho intramolecular Hbond substituents is 1. The average molecular weight is 497 g/mol. The van der Waals surface area contributed by atoms with Gasteiger partial charge in [-0.1, -0.05) is 60.7 Å². The highest BCUT2D eigenvalue weighted by molar-refractivity contribution is 5.86. The highest BCUT2D eigenvalue weighted by Gasteiger charge is 2.40. The molecule has 1 aromatic heterocycles. The Morgan fingerprint density at radius 2 is 1.39 bits per heavy atom. The van der Waals surface area contributed by atoms with E-state index in [1.54, 1.807) is 18.2 Å². The summed E-state index contributed by atoms with van der Waals surface area (Å²) < 4.78 is 47.6. The summed E-state index contributed by atoms with van der Waals surface area (Å²) in [5.74, 6) is -1.51. The number of alkyl halides is 3. The molecule has 0 aliphatic carbocycles. The lowest BCUT2D eigenvalue weighted by molar-refractivity contribution is -1.02. The number of benzene rings is 3. The van der Waals surface area contributed by atoms with Gasteiger partial charge in [0.15, 0.2) is 5.58 Å². The van der Waals surface area contributed by atoms with Gasteiger partial charge in [0.05, 0.1) is 16.5 Å². The van der Waals surface area contributed by atoms with Crippen molar-refractivity contribution in [3.05, 3.63) is 99.9 Å². The number of phenols is 1. The summed E-state index contributed by atoms with van der Waals surface area (Å²) >= 11 is 0. The molecule has 3 N–H and O–H groups in total. The molecule has 1 fully saturated rings. The van der Waals surface area contributed by atoms with Crippen LogP contribution in [0.15, 0.2) is 82.0 Å². The SMILES string of the molecule is O=c1c(-c2ccccc2)c(C(F)(F)F)oc2c(C[NH+]3CC[NH+](Cc4ccccc4)CC3)c(O)ccc12. The molecule has 3 aromatic carbocycles. The Morgan fingerprint density at radius 1 is 0.806 bits per heavy atom. The van der Waals surface area contributed by atoms with Gasteiger partial charge in [0.1, 0.15) is 45.0 Å². The predicted molar refractivity (Wildman–Crippen MR) is 130 cm³/mol. The Morgan fingerprint density at radius 3 is 2.00 bits per heavy atom. The topological polar surface area (TPSA) is 59.3 Å². The fourth-order valence-electron chi connectivity index (χ4n) is 4.99. The Bertz CT molecular complexity index is 1410. The molecule has 1 saturated heterocycles. The third-order valence-corrected chi connectivity index (χ3v) is 6.85. The van der Waals surface area contributed by atoms with Crippen LogP contribution in [-0.2, 0) is 19.3 Å². The minimum absolute atomic E-state index is 0.0300. The second-order valence-corrected chi connectivity index (χ2v) is 9.28. The zero-order valence-electron chi connectivity index (χ0n) is 19.6. The van der Waals surface area contributed by atoms with Crippen LogP contribution in [0.5, 0.6) is 5.75 Å². The van der Waals surface area contributed by atoms with Crippen LogP contribution in [0.25, 0.3) is 22.1 Å². The van der Waals surface area contributed by atoms with Crippen molar-refractivity contribution >= 4 is 11.0 Å². The van der Waals surface area contributed by atoms with Crippen molar-refractivity contribution in [1.29, 1.82) is 0 Å². The third-order valence-electron chi connectivity index (χ3n) is 6.85. The van der Waals surface area contributed by atoms with E-state index < -0.39 is 22.9 Å². The lowest BCUT2D eigenvalue weighted by atomic mass is 10.00. The first-order valence-corrected chi connectivity index (χ1v) is 12.0. The molecule has 5 nitrogen and oxygen atoms in total. The highest BCUT2D eigenvalue weighted by Crippen LogP contribution is 2.38. The summed E-state index contributed by atoms with van der Waals surface area (Å²) in [6, 6.07) is 20.7. The van der Waals surface area contributed by atoms with Crippen molar-refractivity contribution in [2.24, 2.45) is 0 Å². The van der Waals surface area contributed by atoms with Crippen LogP contribution < -0.4 is 15.2 Å². The molecule has 186 valence electrons. The summed E-state index contributed by atoms with van der Waals surface area (Å²) in [5.41, 5.74) is 0.159. The predicted octanol–water partition coefficient (Wildman–Crippen LogP) is 2.67. The number of piperazine rings is 1. The van der Waals surface area contributed by atoms with E-state index in [-0.39, 0.29) is 34.4 Å². The van der Waals surface area contributed by atoms with Crippen molar-refractivity contribution in [3.63, 3.8) is 0 Å². The van der Waals surface area contributed by atoms with Crippen molar-refractivity contribution in [1.82, 2.24) is 0 Å². The van der Waals surface area contributed by atoms with Gasteiger partial charge in [0.2, 0.25) is 11.2 Å². The van der Waals surface area contributed by atoms with Crippen LogP contribution in [0.2, 0.25) is 0 Å². The molecule has 0 radical (unpaired) electrons. The molecule has 0 saturated carbocycles. The number of nitrogens with one attached hydrogen (secondary N) is 2. The molecule has 0 bridgehead atoms. The number of fused-ring (bicyclic) bond motifs is 1. The van der Waals surface area contributed by atoms with E-state index in [4.69, 9.17) is 4.42 Å². The van der Waals surface area contributed by atoms with E-state index in [0.29, 0.717) is 0 Å². The monoisotopic (exact) mass is 496 g/mol. The van der Waals surface area contributed by atoms with Gasteiger partial charge in [0, 0.05) is 5.56 Å². The van der Waals surface area contributed by atoms with Crippen molar-refractivity contribution in [2.75, 3.05) is 26.2 Å². The van der Waals surface area contributed by atoms with E-state index >= 15 is 0 Å². The lowest BCUT2D eigenvalue weighted by Gasteiger charge is -2.30. The maximum Gasteiger partial charge on any atom is 0.450 e. The number of quaternary nitrogens is 2. The fraction of sp³-hybridized carbons (Fsp3) is 0.250. The second-order valence-electron chi connectivity index (χ2n) is 9.28. The summed E-state index contributed by atoms with van der Waals surface area (Å²) in [4.78, 5) is 15.9. The van der Waals surface area contributed by atoms with Gasteiger partial charge < -0.3 is 19.3 Å². The Labute approximate surface area is 206 Å². The molecular weight excluding hydrogens is 469 g/mol. The molecule has 0 unspecified atom stereocenters. The van der Waals surface area contributed by atoms with Crippen LogP contribution in [0, 0.1) is 0 Å². The first kappa shape index (κ1) is 24.1. The number of rotatable bonds is 5. The molecule has 5 rings (SSSR count). The molecular formula is C28H27F3N2O3+2. The maximum atomic E-state index is 14.1. The fourth-order valence-corrected chi connectivity index (χ4v) is 4.99. The normalized spacial score (nSPS) is 18.4. The van der Waals surface area contributed by atoms with Crippen LogP contribution >= 0.6 is 0 Å². The van der Waals surface area contributed by atoms with E-state index in [1.165, 1.54) is 34.7 Å². The van der Waals surface area contributed by atoms with Gasteiger partial charge in [-0.05, 0) is 17.7 Å². The van der Waals surface area contributed by atoms with Gasteiger partial charge in [-0.25, -0.2) is 0 Å². The molecule has 0 amide bonds. The number of aromatic hydroxyl groups is 1. The van der Waals surface area contributed by atoms with E-state index in [1.807, 2.05) is 18.2 Å². The molecule has 1 aliphatic heterocycles. The van der Waals surface area contributed by atoms with Crippen LogP contribution in [0.4, 0.5) is 13.2 Å². The van der Waals surface area contributed by atoms with Gasteiger partial charge in [-0.2, -0.15) is 13.2 Å². The van der Waals surface area contributed by atoms with E-state index in [2.05, 4.69) is 12.1 Å². The number of hydrogen-bond donors (Lipinski definition) is 3. The van der Waals surface area contributed by atoms with Crippen molar-refractivity contribution in [2.45, 2.75) is 19.3 Å². The van der Waals surface area contributed by atoms with E-state index in [0.717, 1.165) is 37.6 Å². The summed E-state index contributed by atoms with van der Waals surface area (Å²) in [7, 11) is 0. The summed E-state index contributed by atoms with van der Waals surface area (Å²) in [6.45, 7) is 4.55.